The molecule has 1 amide bonds. The molecule has 150 valence electrons. The van der Waals surface area contributed by atoms with Gasteiger partial charge in [0.1, 0.15) is 0 Å². The highest BCUT2D eigenvalue weighted by Crippen LogP contribution is 2.36. The van der Waals surface area contributed by atoms with E-state index in [0.29, 0.717) is 18.8 Å². The number of ether oxygens (including phenoxy) is 3. The molecule has 0 radical (unpaired) electrons. The molecule has 0 N–H and O–H groups in total. The van der Waals surface area contributed by atoms with Gasteiger partial charge in [-0.1, -0.05) is 11.6 Å². The van der Waals surface area contributed by atoms with Crippen LogP contribution in [0.1, 0.15) is 23.7 Å². The first-order valence-electron chi connectivity index (χ1n) is 8.32. The smallest absolute Gasteiger partial charge is 0.338 e. The van der Waals surface area contributed by atoms with E-state index >= 15 is 0 Å². The summed E-state index contributed by atoms with van der Waals surface area (Å²) in [4.78, 5) is 25.7. The molecular weight excluding hydrogens is 398 g/mol. The third kappa shape index (κ3) is 5.26. The zero-order chi connectivity index (χ0) is 20.2. The molecule has 27 heavy (non-hydrogen) atoms. The monoisotopic (exact) mass is 419 g/mol. The van der Waals surface area contributed by atoms with Gasteiger partial charge in [-0.3, -0.25) is 4.79 Å². The van der Waals surface area contributed by atoms with Gasteiger partial charge in [0.2, 0.25) is 0 Å². The van der Waals surface area contributed by atoms with Gasteiger partial charge >= 0.3 is 5.97 Å². The van der Waals surface area contributed by atoms with Crippen molar-refractivity contribution in [1.29, 1.82) is 0 Å². The molecule has 10 heteroatoms. The first-order chi connectivity index (χ1) is 12.7. The number of amides is 1. The molecule has 1 aromatic carbocycles. The molecule has 1 atom stereocenters. The minimum Gasteiger partial charge on any atom is -0.493 e. The zero-order valence-electron chi connectivity index (χ0n) is 15.4. The summed E-state index contributed by atoms with van der Waals surface area (Å²) in [6.45, 7) is 1.66. The Labute approximate surface area is 163 Å². The summed E-state index contributed by atoms with van der Waals surface area (Å²) in [5, 5.41) is 0.183. The lowest BCUT2D eigenvalue weighted by Crippen LogP contribution is -2.40. The third-order valence-electron chi connectivity index (χ3n) is 4.23. The van der Waals surface area contributed by atoms with Crippen molar-refractivity contribution < 1.29 is 32.2 Å². The number of benzene rings is 1. The van der Waals surface area contributed by atoms with Gasteiger partial charge in [-0.05, 0) is 25.5 Å². The van der Waals surface area contributed by atoms with Crippen LogP contribution < -0.4 is 9.47 Å². The minimum atomic E-state index is -3.11. The highest BCUT2D eigenvalue weighted by Gasteiger charge is 2.33. The lowest BCUT2D eigenvalue weighted by atomic mass is 10.2. The van der Waals surface area contributed by atoms with Crippen LogP contribution in [0, 0.1) is 0 Å². The molecule has 1 saturated heterocycles. The van der Waals surface area contributed by atoms with Crippen LogP contribution in [-0.2, 0) is 19.4 Å². The van der Waals surface area contributed by atoms with Crippen molar-refractivity contribution in [3.8, 4) is 11.5 Å². The van der Waals surface area contributed by atoms with Crippen molar-refractivity contribution in [3.63, 3.8) is 0 Å². The molecule has 8 nitrogen and oxygen atoms in total. The van der Waals surface area contributed by atoms with E-state index in [1.807, 2.05) is 0 Å². The van der Waals surface area contributed by atoms with Gasteiger partial charge in [-0.2, -0.15) is 0 Å². The number of methoxy groups -OCH3 is 1. The molecule has 0 unspecified atom stereocenters. The third-order valence-corrected chi connectivity index (χ3v) is 6.26. The maximum absolute atomic E-state index is 12.2. The summed E-state index contributed by atoms with van der Waals surface area (Å²) in [7, 11) is -0.199. The molecule has 0 saturated carbocycles. The lowest BCUT2D eigenvalue weighted by molar-refractivity contribution is -0.134. The quantitative estimate of drug-likeness (QED) is 0.618. The fraction of sp³-hybridized carbons (Fsp3) is 0.529. The predicted molar refractivity (Wildman–Crippen MR) is 99.3 cm³/mol. The van der Waals surface area contributed by atoms with Crippen molar-refractivity contribution in [1.82, 2.24) is 4.90 Å². The van der Waals surface area contributed by atoms with Gasteiger partial charge in [0.15, 0.2) is 27.9 Å². The average Bonchev–Trinajstić information content (AvgIpc) is 3.00. The topological polar surface area (TPSA) is 99.2 Å². The first kappa shape index (κ1) is 21.3. The van der Waals surface area contributed by atoms with Crippen LogP contribution in [0.3, 0.4) is 0 Å². The zero-order valence-corrected chi connectivity index (χ0v) is 16.9. The summed E-state index contributed by atoms with van der Waals surface area (Å²) in [6, 6.07) is 2.38. The van der Waals surface area contributed by atoms with E-state index in [4.69, 9.17) is 25.8 Å². The number of nitrogens with zero attached hydrogens (tertiary/aromatic N) is 1. The summed E-state index contributed by atoms with van der Waals surface area (Å²) in [6.07, 6.45) is 0.379. The van der Waals surface area contributed by atoms with E-state index in [-0.39, 0.29) is 27.8 Å². The van der Waals surface area contributed by atoms with E-state index in [2.05, 4.69) is 0 Å². The fourth-order valence-corrected chi connectivity index (χ4v) is 4.76. The number of carbonyl (C=O) groups is 2. The molecule has 1 aliphatic rings. The van der Waals surface area contributed by atoms with Gasteiger partial charge in [0.05, 0.1) is 35.8 Å². The minimum absolute atomic E-state index is 0.0551. The number of likely N-dealkylation sites (N-methyl/N-ethyl adjacent to an activating group) is 1. The van der Waals surface area contributed by atoms with Crippen molar-refractivity contribution in [2.45, 2.75) is 19.4 Å². The number of hydrogen-bond donors (Lipinski definition) is 0. The summed E-state index contributed by atoms with van der Waals surface area (Å²) in [5.41, 5.74) is 0.110. The normalized spacial score (nSPS) is 18.0. The standard InChI is InChI=1S/C17H22ClNO7S/c1-4-25-16-13(18)7-11(8-14(16)24-3)17(21)26-9-15(20)19(2)12-5-6-27(22,23)10-12/h7-8,12H,4-6,9-10H2,1-3H3/t12-/m1/s1. The second-order valence-corrected chi connectivity index (χ2v) is 8.70. The first-order valence-corrected chi connectivity index (χ1v) is 10.5. The van der Waals surface area contributed by atoms with Crippen LogP contribution in [0.15, 0.2) is 12.1 Å². The van der Waals surface area contributed by atoms with Crippen LogP contribution >= 0.6 is 11.6 Å². The fourth-order valence-electron chi connectivity index (χ4n) is 2.72. The number of sulfone groups is 1. The van der Waals surface area contributed by atoms with E-state index in [9.17, 15) is 18.0 Å². The van der Waals surface area contributed by atoms with Gasteiger partial charge < -0.3 is 19.1 Å². The number of esters is 1. The Hall–Kier alpha value is -2.00. The maximum Gasteiger partial charge on any atom is 0.338 e. The Morgan fingerprint density at radius 3 is 2.59 bits per heavy atom. The molecule has 1 aromatic rings. The molecule has 0 aromatic heterocycles. The van der Waals surface area contributed by atoms with Crippen molar-refractivity contribution in [2.75, 3.05) is 38.9 Å². The number of hydrogen-bond acceptors (Lipinski definition) is 7. The Kier molecular flexibility index (Phi) is 6.94. The van der Waals surface area contributed by atoms with E-state index in [1.165, 1.54) is 31.2 Å². The molecular formula is C17H22ClNO7S. The molecule has 2 rings (SSSR count). The largest absolute Gasteiger partial charge is 0.493 e. The number of halogens is 1. The van der Waals surface area contributed by atoms with E-state index < -0.39 is 34.4 Å². The van der Waals surface area contributed by atoms with Gasteiger partial charge in [0.25, 0.3) is 5.91 Å². The predicted octanol–water partition coefficient (Wildman–Crippen LogP) is 1.55. The SMILES string of the molecule is CCOc1c(Cl)cc(C(=O)OCC(=O)N(C)[C@@H]2CCS(=O)(=O)C2)cc1OC. The highest BCUT2D eigenvalue weighted by atomic mass is 35.5. The van der Waals surface area contributed by atoms with E-state index in [0.717, 1.165) is 0 Å². The second kappa shape index (κ2) is 8.79. The van der Waals surface area contributed by atoms with Crippen molar-refractivity contribution >= 4 is 33.3 Å². The van der Waals surface area contributed by atoms with Gasteiger partial charge in [-0.25, -0.2) is 13.2 Å². The Morgan fingerprint density at radius 2 is 2.04 bits per heavy atom. The van der Waals surface area contributed by atoms with Crippen LogP contribution in [0.5, 0.6) is 11.5 Å². The molecule has 1 aliphatic heterocycles. The van der Waals surface area contributed by atoms with Gasteiger partial charge in [-0.15, -0.1) is 0 Å². The van der Waals surface area contributed by atoms with Crippen molar-refractivity contribution in [3.05, 3.63) is 22.7 Å². The number of rotatable bonds is 7. The second-order valence-electron chi connectivity index (χ2n) is 6.06. The number of carbonyl (C=O) groups excluding carboxylic acids is 2. The van der Waals surface area contributed by atoms with E-state index in [1.54, 1.807) is 6.92 Å². The molecule has 0 spiro atoms. The Bertz CT molecular complexity index is 825. The molecule has 1 fully saturated rings. The summed E-state index contributed by atoms with van der Waals surface area (Å²) in [5.74, 6) is -0.657. The Morgan fingerprint density at radius 1 is 1.33 bits per heavy atom. The summed E-state index contributed by atoms with van der Waals surface area (Å²) >= 11 is 6.12. The van der Waals surface area contributed by atoms with Crippen LogP contribution in [-0.4, -0.2) is 70.1 Å². The lowest BCUT2D eigenvalue weighted by Gasteiger charge is -2.23. The highest BCUT2D eigenvalue weighted by molar-refractivity contribution is 7.91. The molecule has 0 bridgehead atoms. The average molecular weight is 420 g/mol. The maximum atomic E-state index is 12.2. The molecule has 0 aliphatic carbocycles. The van der Waals surface area contributed by atoms with Crippen LogP contribution in [0.2, 0.25) is 5.02 Å². The summed E-state index contributed by atoms with van der Waals surface area (Å²) < 4.78 is 38.6. The molecule has 1 heterocycles. The van der Waals surface area contributed by atoms with Crippen LogP contribution in [0.4, 0.5) is 0 Å². The Balaban J connectivity index is 2.01. The van der Waals surface area contributed by atoms with Crippen LogP contribution in [0.25, 0.3) is 0 Å². The van der Waals surface area contributed by atoms with Gasteiger partial charge in [0, 0.05) is 13.1 Å². The van der Waals surface area contributed by atoms with Crippen molar-refractivity contribution in [2.24, 2.45) is 0 Å².